The number of rotatable bonds is 5. The summed E-state index contributed by atoms with van der Waals surface area (Å²) in [6, 6.07) is 8.23. The van der Waals surface area contributed by atoms with Crippen molar-refractivity contribution in [1.82, 2.24) is 4.90 Å². The van der Waals surface area contributed by atoms with Gasteiger partial charge in [-0.25, -0.2) is 0 Å². The lowest BCUT2D eigenvalue weighted by molar-refractivity contribution is -0.134. The predicted molar refractivity (Wildman–Crippen MR) is 87.3 cm³/mol. The third-order valence-electron chi connectivity index (χ3n) is 3.84. The van der Waals surface area contributed by atoms with E-state index in [0.717, 1.165) is 36.0 Å². The lowest BCUT2D eigenvalue weighted by Gasteiger charge is -2.36. The van der Waals surface area contributed by atoms with Gasteiger partial charge in [0, 0.05) is 29.5 Å². The van der Waals surface area contributed by atoms with E-state index in [9.17, 15) is 4.79 Å². The lowest BCUT2D eigenvalue weighted by atomic mass is 9.98. The average molecular weight is 355 g/mol. The first-order chi connectivity index (χ1) is 10.1. The Bertz CT molecular complexity index is 481. The van der Waals surface area contributed by atoms with Gasteiger partial charge < -0.3 is 15.4 Å². The maximum atomic E-state index is 12.2. The van der Waals surface area contributed by atoms with E-state index in [1.807, 2.05) is 29.2 Å². The van der Waals surface area contributed by atoms with Crippen molar-refractivity contribution in [2.75, 3.05) is 13.2 Å². The van der Waals surface area contributed by atoms with Crippen molar-refractivity contribution in [2.45, 2.75) is 44.7 Å². The van der Waals surface area contributed by atoms with Gasteiger partial charge in [-0.3, -0.25) is 4.79 Å². The fourth-order valence-electron chi connectivity index (χ4n) is 2.69. The maximum absolute atomic E-state index is 12.2. The van der Waals surface area contributed by atoms with E-state index in [1.54, 1.807) is 0 Å². The van der Waals surface area contributed by atoms with Gasteiger partial charge in [0.15, 0.2) is 0 Å². The standard InChI is InChI=1S/C16H23BrN2O2/c1-12-10-14(18)7-8-19(12)16(20)6-3-9-21-15-5-2-4-13(17)11-15/h2,4-5,11-12,14H,3,6-10,18H2,1H3/t12-,14-/m0/s1. The van der Waals surface area contributed by atoms with Crippen LogP contribution in [0.4, 0.5) is 0 Å². The molecule has 0 aliphatic carbocycles. The monoisotopic (exact) mass is 354 g/mol. The Balaban J connectivity index is 1.70. The Kier molecular flexibility index (Phi) is 6.06. The molecule has 2 rings (SSSR count). The van der Waals surface area contributed by atoms with Crippen LogP contribution in [-0.4, -0.2) is 36.0 Å². The van der Waals surface area contributed by atoms with E-state index in [0.29, 0.717) is 13.0 Å². The molecule has 1 aliphatic heterocycles. The van der Waals surface area contributed by atoms with Crippen LogP contribution >= 0.6 is 15.9 Å². The highest BCUT2D eigenvalue weighted by molar-refractivity contribution is 9.10. The van der Waals surface area contributed by atoms with Crippen LogP contribution < -0.4 is 10.5 Å². The van der Waals surface area contributed by atoms with E-state index in [-0.39, 0.29) is 18.0 Å². The zero-order valence-corrected chi connectivity index (χ0v) is 14.0. The van der Waals surface area contributed by atoms with Crippen molar-refractivity contribution < 1.29 is 9.53 Å². The quantitative estimate of drug-likeness (QED) is 0.827. The summed E-state index contributed by atoms with van der Waals surface area (Å²) < 4.78 is 6.64. The molecule has 0 unspecified atom stereocenters. The van der Waals surface area contributed by atoms with Gasteiger partial charge in [-0.15, -0.1) is 0 Å². The third-order valence-corrected chi connectivity index (χ3v) is 4.33. The second kappa shape index (κ2) is 7.80. The van der Waals surface area contributed by atoms with Crippen molar-refractivity contribution in [3.8, 4) is 5.75 Å². The molecule has 21 heavy (non-hydrogen) atoms. The SMILES string of the molecule is C[C@H]1C[C@@H](N)CCN1C(=O)CCCOc1cccc(Br)c1. The highest BCUT2D eigenvalue weighted by atomic mass is 79.9. The topological polar surface area (TPSA) is 55.6 Å². The molecule has 0 radical (unpaired) electrons. The van der Waals surface area contributed by atoms with Crippen LogP contribution in [0.5, 0.6) is 5.75 Å². The number of amides is 1. The van der Waals surface area contributed by atoms with Gasteiger partial charge >= 0.3 is 0 Å². The zero-order valence-electron chi connectivity index (χ0n) is 12.4. The van der Waals surface area contributed by atoms with E-state index in [1.165, 1.54) is 0 Å². The van der Waals surface area contributed by atoms with Crippen molar-refractivity contribution >= 4 is 21.8 Å². The number of hydrogen-bond donors (Lipinski definition) is 1. The lowest BCUT2D eigenvalue weighted by Crippen LogP contribution is -2.48. The third kappa shape index (κ3) is 5.00. The van der Waals surface area contributed by atoms with E-state index in [4.69, 9.17) is 10.5 Å². The normalized spacial score (nSPS) is 22.1. The van der Waals surface area contributed by atoms with Gasteiger partial charge in [0.2, 0.25) is 5.91 Å². The highest BCUT2D eigenvalue weighted by Gasteiger charge is 2.26. The molecule has 2 N–H and O–H groups in total. The summed E-state index contributed by atoms with van der Waals surface area (Å²) in [4.78, 5) is 14.2. The molecular weight excluding hydrogens is 332 g/mol. The second-order valence-corrected chi connectivity index (χ2v) is 6.55. The smallest absolute Gasteiger partial charge is 0.222 e. The van der Waals surface area contributed by atoms with E-state index >= 15 is 0 Å². The first-order valence-corrected chi connectivity index (χ1v) is 8.29. The van der Waals surface area contributed by atoms with Crippen molar-refractivity contribution in [2.24, 2.45) is 5.73 Å². The Morgan fingerprint density at radius 3 is 3.05 bits per heavy atom. The van der Waals surface area contributed by atoms with Gasteiger partial charge in [-0.05, 0) is 44.4 Å². The summed E-state index contributed by atoms with van der Waals surface area (Å²) in [7, 11) is 0. The summed E-state index contributed by atoms with van der Waals surface area (Å²) in [6.07, 6.45) is 3.08. The summed E-state index contributed by atoms with van der Waals surface area (Å²) in [5.41, 5.74) is 5.92. The van der Waals surface area contributed by atoms with Crippen LogP contribution in [0.25, 0.3) is 0 Å². The Morgan fingerprint density at radius 2 is 2.33 bits per heavy atom. The molecule has 0 spiro atoms. The molecule has 1 amide bonds. The number of piperidine rings is 1. The minimum Gasteiger partial charge on any atom is -0.494 e. The number of ether oxygens (including phenoxy) is 1. The molecule has 1 saturated heterocycles. The number of halogens is 1. The minimum atomic E-state index is 0.215. The Hall–Kier alpha value is -1.07. The summed E-state index contributed by atoms with van der Waals surface area (Å²) in [5, 5.41) is 0. The summed E-state index contributed by atoms with van der Waals surface area (Å²) in [5.74, 6) is 1.04. The molecule has 1 aromatic carbocycles. The van der Waals surface area contributed by atoms with Crippen LogP contribution in [0, 0.1) is 0 Å². The fraction of sp³-hybridized carbons (Fsp3) is 0.562. The molecule has 1 fully saturated rings. The molecule has 1 aromatic rings. The first-order valence-electron chi connectivity index (χ1n) is 7.49. The highest BCUT2D eigenvalue weighted by Crippen LogP contribution is 2.19. The number of likely N-dealkylation sites (tertiary alicyclic amines) is 1. The van der Waals surface area contributed by atoms with Crippen molar-refractivity contribution in [3.05, 3.63) is 28.7 Å². The Morgan fingerprint density at radius 1 is 1.52 bits per heavy atom. The van der Waals surface area contributed by atoms with Crippen molar-refractivity contribution in [3.63, 3.8) is 0 Å². The van der Waals surface area contributed by atoms with Crippen LogP contribution in [0.2, 0.25) is 0 Å². The molecule has 1 aliphatic rings. The number of carbonyl (C=O) groups is 1. The average Bonchev–Trinajstić information content (AvgIpc) is 2.43. The number of nitrogens with two attached hydrogens (primary N) is 1. The van der Waals surface area contributed by atoms with E-state index in [2.05, 4.69) is 22.9 Å². The number of hydrogen-bond acceptors (Lipinski definition) is 3. The van der Waals surface area contributed by atoms with Gasteiger partial charge in [0.1, 0.15) is 5.75 Å². The van der Waals surface area contributed by atoms with Crippen LogP contribution in [-0.2, 0) is 4.79 Å². The fourth-order valence-corrected chi connectivity index (χ4v) is 3.07. The van der Waals surface area contributed by atoms with Crippen molar-refractivity contribution in [1.29, 1.82) is 0 Å². The second-order valence-electron chi connectivity index (χ2n) is 5.63. The molecule has 0 aromatic heterocycles. The van der Waals surface area contributed by atoms with Gasteiger partial charge in [0.05, 0.1) is 6.61 Å². The molecular formula is C16H23BrN2O2. The summed E-state index contributed by atoms with van der Waals surface area (Å²) in [6.45, 7) is 3.42. The molecule has 116 valence electrons. The number of nitrogens with zero attached hydrogens (tertiary/aromatic N) is 1. The molecule has 0 bridgehead atoms. The summed E-state index contributed by atoms with van der Waals surface area (Å²) >= 11 is 3.41. The molecule has 1 heterocycles. The first kappa shape index (κ1) is 16.3. The predicted octanol–water partition coefficient (Wildman–Crippen LogP) is 2.95. The van der Waals surface area contributed by atoms with Gasteiger partial charge in [0.25, 0.3) is 0 Å². The van der Waals surface area contributed by atoms with E-state index < -0.39 is 0 Å². The molecule has 4 nitrogen and oxygen atoms in total. The molecule has 0 saturated carbocycles. The van der Waals surface area contributed by atoms with Crippen LogP contribution in [0.15, 0.2) is 28.7 Å². The largest absolute Gasteiger partial charge is 0.494 e. The zero-order chi connectivity index (χ0) is 15.2. The Labute approximate surface area is 134 Å². The number of benzene rings is 1. The number of carbonyl (C=O) groups excluding carboxylic acids is 1. The maximum Gasteiger partial charge on any atom is 0.222 e. The minimum absolute atomic E-state index is 0.215. The van der Waals surface area contributed by atoms with Gasteiger partial charge in [-0.1, -0.05) is 22.0 Å². The molecule has 2 atom stereocenters. The molecule has 5 heteroatoms. The van der Waals surface area contributed by atoms with Crippen LogP contribution in [0.3, 0.4) is 0 Å². The van der Waals surface area contributed by atoms with Gasteiger partial charge in [-0.2, -0.15) is 0 Å². The van der Waals surface area contributed by atoms with Crippen LogP contribution in [0.1, 0.15) is 32.6 Å².